The molecule has 0 aromatic heterocycles. The van der Waals surface area contributed by atoms with Crippen LogP contribution >= 0.6 is 0 Å². The van der Waals surface area contributed by atoms with Gasteiger partial charge in [0.25, 0.3) is 0 Å². The van der Waals surface area contributed by atoms with Crippen LogP contribution in [0, 0.1) is 0 Å². The van der Waals surface area contributed by atoms with Crippen LogP contribution in [0.3, 0.4) is 0 Å². The third-order valence-electron chi connectivity index (χ3n) is 0. The fourth-order valence-corrected chi connectivity index (χ4v) is 0. The number of hydrogen-bond acceptors (Lipinski definition) is 3. The first-order valence-corrected chi connectivity index (χ1v) is 1.84. The molecule has 0 unspecified atom stereocenters. The summed E-state index contributed by atoms with van der Waals surface area (Å²) in [6, 6.07) is 0. The molecule has 27 valence electrons. The second-order valence-electron chi connectivity index (χ2n) is 0.250. The summed E-state index contributed by atoms with van der Waals surface area (Å²) in [5.41, 5.74) is 0. The summed E-state index contributed by atoms with van der Waals surface area (Å²) in [6.07, 6.45) is 0. The first-order valence-electron chi connectivity index (χ1n) is 0.612. The van der Waals surface area contributed by atoms with Crippen molar-refractivity contribution in [2.75, 3.05) is 0 Å². The molecule has 0 rings (SSSR count). The van der Waals surface area contributed by atoms with E-state index in [0.717, 1.165) is 0 Å². The van der Waals surface area contributed by atoms with Crippen LogP contribution in [-0.4, -0.2) is 49.6 Å². The van der Waals surface area contributed by atoms with Crippen molar-refractivity contribution in [1.29, 1.82) is 0 Å². The Hall–Kier alpha value is 0.916. The summed E-state index contributed by atoms with van der Waals surface area (Å²) in [4.78, 5) is 17.0. The van der Waals surface area contributed by atoms with Crippen LogP contribution in [-0.2, 0) is 4.46 Å². The summed E-state index contributed by atoms with van der Waals surface area (Å²) in [5.74, 6) is 0. The molecular weight excluding hydrogens is 127 g/mol. The van der Waals surface area contributed by atoms with Gasteiger partial charge in [-0.15, -0.1) is 0 Å². The molecule has 0 spiro atoms. The molecule has 0 saturated heterocycles. The van der Waals surface area contributed by atoms with E-state index in [9.17, 15) is 0 Å². The van der Waals surface area contributed by atoms with Gasteiger partial charge in [-0.05, 0) is 0 Å². The van der Waals surface area contributed by atoms with Crippen LogP contribution in [0.1, 0.15) is 0 Å². The maximum atomic E-state index is 8.52. The molecule has 0 saturated carbocycles. The van der Waals surface area contributed by atoms with Crippen molar-refractivity contribution in [1.82, 2.24) is 0 Å². The fourth-order valence-electron chi connectivity index (χ4n) is 0. The molecule has 0 aliphatic carbocycles. The van der Waals surface area contributed by atoms with Gasteiger partial charge in [0.1, 0.15) is 0 Å². The van der Waals surface area contributed by atoms with Crippen molar-refractivity contribution in [2.45, 2.75) is 0 Å². The van der Waals surface area contributed by atoms with E-state index in [1.54, 1.807) is 0 Å². The molecule has 3 nitrogen and oxygen atoms in total. The first kappa shape index (κ1) is 15.8. The maximum absolute atomic E-state index is 8.52. The Bertz CT molecular complexity index is 33.8. The van der Waals surface area contributed by atoms with Gasteiger partial charge in [-0.1, -0.05) is 0 Å². The van der Waals surface area contributed by atoms with Gasteiger partial charge in [-0.2, -0.15) is 0 Å². The van der Waals surface area contributed by atoms with Crippen LogP contribution in [0.25, 0.3) is 0 Å². The normalized spacial score (nSPS) is 4.00. The van der Waals surface area contributed by atoms with E-state index < -0.39 is 9.17 Å². The summed E-state index contributed by atoms with van der Waals surface area (Å²) in [6.45, 7) is 0. The summed E-state index contributed by atoms with van der Waals surface area (Å²) in [5, 5.41) is 0. The largest absolute Gasteiger partial charge is 2.00 e. The van der Waals surface area contributed by atoms with Gasteiger partial charge in [0.05, 0.1) is 0 Å². The van der Waals surface area contributed by atoms with E-state index >= 15 is 0 Å². The second kappa shape index (κ2) is 9.32. The average molecular weight is 127 g/mol. The van der Waals surface area contributed by atoms with E-state index in [4.69, 9.17) is 14.1 Å². The van der Waals surface area contributed by atoms with Crippen molar-refractivity contribution in [2.24, 2.45) is 0 Å². The number of rotatable bonds is 0. The predicted octanol–water partition coefficient (Wildman–Crippen LogP) is -3.64. The molecule has 0 aromatic carbocycles. The van der Waals surface area contributed by atoms with Gasteiger partial charge in [-0.3, -0.25) is 0 Å². The SMILES string of the molecule is O=[Si]([O-])[O-].[Al].[Mg+2]. The topological polar surface area (TPSA) is 63.2 Å². The van der Waals surface area contributed by atoms with Gasteiger partial charge in [-0.25, -0.2) is 0 Å². The van der Waals surface area contributed by atoms with Gasteiger partial charge in [0, 0.05) is 26.5 Å². The minimum Gasteiger partial charge on any atom is -0.672 e. The third-order valence-corrected chi connectivity index (χ3v) is 0. The van der Waals surface area contributed by atoms with Gasteiger partial charge >= 0.3 is 23.1 Å². The molecule has 6 heavy (non-hydrogen) atoms. The fraction of sp³-hybridized carbons (Fsp3) is 0. The van der Waals surface area contributed by atoms with E-state index in [2.05, 4.69) is 0 Å². The minimum atomic E-state index is -3.63. The maximum Gasteiger partial charge on any atom is 2.00 e. The minimum absolute atomic E-state index is 0. The van der Waals surface area contributed by atoms with E-state index in [1.807, 2.05) is 0 Å². The van der Waals surface area contributed by atoms with Crippen molar-refractivity contribution >= 4 is 49.6 Å². The van der Waals surface area contributed by atoms with Gasteiger partial charge in [0.15, 0.2) is 0 Å². The Morgan fingerprint density at radius 3 is 1.33 bits per heavy atom. The number of hydrogen-bond donors (Lipinski definition) is 0. The zero-order valence-electron chi connectivity index (χ0n) is 3.01. The van der Waals surface area contributed by atoms with Crippen LogP contribution in [0.2, 0.25) is 0 Å². The monoisotopic (exact) mass is 127 g/mol. The predicted molar refractivity (Wildman–Crippen MR) is 17.9 cm³/mol. The third kappa shape index (κ3) is 89.9. The smallest absolute Gasteiger partial charge is 0.672 e. The quantitative estimate of drug-likeness (QED) is 0.315. The van der Waals surface area contributed by atoms with Crippen LogP contribution in [0.15, 0.2) is 0 Å². The van der Waals surface area contributed by atoms with Crippen LogP contribution < -0.4 is 9.59 Å². The molecule has 0 aliphatic heterocycles. The molecule has 3 radical (unpaired) electrons. The molecule has 0 heterocycles. The second-order valence-corrected chi connectivity index (χ2v) is 0.750. The van der Waals surface area contributed by atoms with Crippen molar-refractivity contribution < 1.29 is 14.1 Å². The van der Waals surface area contributed by atoms with E-state index in [-0.39, 0.29) is 40.4 Å². The molecule has 0 aromatic rings. The Balaban J connectivity index is -0.0000000450. The molecule has 0 fully saturated rings. The Morgan fingerprint density at radius 2 is 1.33 bits per heavy atom. The molecule has 6 heteroatoms. The molecular formula is AlMgO3Si. The van der Waals surface area contributed by atoms with Crippen LogP contribution in [0.4, 0.5) is 0 Å². The van der Waals surface area contributed by atoms with Crippen molar-refractivity contribution in [3.63, 3.8) is 0 Å². The van der Waals surface area contributed by atoms with Crippen molar-refractivity contribution in [3.05, 3.63) is 0 Å². The summed E-state index contributed by atoms with van der Waals surface area (Å²) in [7, 11) is -3.63. The molecule has 0 N–H and O–H groups in total. The zero-order valence-corrected chi connectivity index (χ0v) is 6.58. The first-order chi connectivity index (χ1) is 1.73. The Kier molecular flexibility index (Phi) is 24.5. The average Bonchev–Trinajstić information content (AvgIpc) is 0.811. The Morgan fingerprint density at radius 1 is 1.33 bits per heavy atom. The van der Waals surface area contributed by atoms with Gasteiger partial charge in [0.2, 0.25) is 0 Å². The molecule has 0 amide bonds. The van der Waals surface area contributed by atoms with Crippen LogP contribution in [0.5, 0.6) is 0 Å². The van der Waals surface area contributed by atoms with Gasteiger partial charge < -0.3 is 14.1 Å². The zero-order chi connectivity index (χ0) is 3.58. The standard InChI is InChI=1S/Al.Mg.O3Si/c;;1-4(2)3/q;+2;-2. The van der Waals surface area contributed by atoms with Crippen molar-refractivity contribution in [3.8, 4) is 0 Å². The van der Waals surface area contributed by atoms with E-state index in [1.165, 1.54) is 0 Å². The Labute approximate surface area is 63.6 Å². The summed E-state index contributed by atoms with van der Waals surface area (Å²) >= 11 is 0. The van der Waals surface area contributed by atoms with E-state index in [0.29, 0.717) is 0 Å². The molecule has 0 aliphatic rings. The summed E-state index contributed by atoms with van der Waals surface area (Å²) < 4.78 is 8.52. The molecule has 0 atom stereocenters. The molecule has 0 bridgehead atoms.